The maximum Gasteiger partial charge on any atom is 0.0801 e. The Labute approximate surface area is 157 Å². The number of rotatable bonds is 2. The van der Waals surface area contributed by atoms with Gasteiger partial charge in [-0.15, -0.1) is 22.7 Å². The Morgan fingerprint density at radius 1 is 0.565 bits per heavy atom. The van der Waals surface area contributed by atoms with Crippen molar-refractivity contribution < 1.29 is 20.1 Å². The van der Waals surface area contributed by atoms with Crippen molar-refractivity contribution in [2.24, 2.45) is 0 Å². The molecule has 0 atom stereocenters. The van der Waals surface area contributed by atoms with Crippen LogP contribution in [0.3, 0.4) is 0 Å². The third-order valence-corrected chi connectivity index (χ3v) is 4.66. The molecule has 0 amide bonds. The van der Waals surface area contributed by atoms with E-state index in [1.807, 2.05) is 60.9 Å². The van der Waals surface area contributed by atoms with Crippen LogP contribution in [0, 0.1) is 0 Å². The first-order valence-corrected chi connectivity index (χ1v) is 8.59. The molecule has 2 nitrogen and oxygen atoms in total. The molecule has 0 spiro atoms. The normalized spacial score (nSPS) is 9.39. The fourth-order valence-electron chi connectivity index (χ4n) is 1.87. The van der Waals surface area contributed by atoms with Crippen molar-refractivity contribution in [1.82, 2.24) is 9.97 Å². The van der Waals surface area contributed by atoms with E-state index in [9.17, 15) is 0 Å². The van der Waals surface area contributed by atoms with E-state index >= 15 is 0 Å². The first-order chi connectivity index (χ1) is 10.9. The Kier molecular flexibility index (Phi) is 7.29. The number of aromatic nitrogens is 2. The zero-order chi connectivity index (χ0) is 15.0. The van der Waals surface area contributed by atoms with Crippen molar-refractivity contribution in [3.05, 3.63) is 83.8 Å². The van der Waals surface area contributed by atoms with Crippen LogP contribution in [0.25, 0.3) is 21.1 Å². The molecule has 23 heavy (non-hydrogen) atoms. The van der Waals surface area contributed by atoms with Gasteiger partial charge >= 0.3 is 0 Å². The van der Waals surface area contributed by atoms with Gasteiger partial charge in [0, 0.05) is 32.5 Å². The van der Waals surface area contributed by atoms with Gasteiger partial charge in [0.2, 0.25) is 0 Å². The molecule has 4 rings (SSSR count). The zero-order valence-electron chi connectivity index (χ0n) is 12.1. The molecule has 0 unspecified atom stereocenters. The summed E-state index contributed by atoms with van der Waals surface area (Å²) in [5.41, 5.74) is 2.12. The summed E-state index contributed by atoms with van der Waals surface area (Å²) in [6.07, 6.45) is 3.63. The van der Waals surface area contributed by atoms with Gasteiger partial charge in [0.05, 0.1) is 21.1 Å². The molecule has 5 heteroatoms. The number of hydrogen-bond donors (Lipinski definition) is 0. The molecule has 0 fully saturated rings. The Morgan fingerprint density at radius 3 is 1.35 bits per heavy atom. The van der Waals surface area contributed by atoms with Crippen LogP contribution >= 0.6 is 22.7 Å². The van der Waals surface area contributed by atoms with Gasteiger partial charge in [-0.3, -0.25) is 9.97 Å². The number of thiophene rings is 2. The second-order valence-corrected chi connectivity index (χ2v) is 6.28. The average Bonchev–Trinajstić information content (AvgIpc) is 3.31. The maximum atomic E-state index is 4.23. The molecular formula is C18H14IrN2S2. The second kappa shape index (κ2) is 9.48. The van der Waals surface area contributed by atoms with E-state index in [-0.39, 0.29) is 20.1 Å². The minimum atomic E-state index is 0. The van der Waals surface area contributed by atoms with Crippen LogP contribution in [-0.2, 0) is 20.1 Å². The third kappa shape index (κ3) is 5.19. The molecule has 0 saturated carbocycles. The summed E-state index contributed by atoms with van der Waals surface area (Å²) < 4.78 is 0. The van der Waals surface area contributed by atoms with Gasteiger partial charge in [0.25, 0.3) is 0 Å². The molecule has 0 saturated heterocycles. The van der Waals surface area contributed by atoms with Crippen molar-refractivity contribution in [3.8, 4) is 21.1 Å². The van der Waals surface area contributed by atoms with E-state index in [0.717, 1.165) is 11.4 Å². The summed E-state index contributed by atoms with van der Waals surface area (Å²) in [4.78, 5) is 10.9. The summed E-state index contributed by atoms with van der Waals surface area (Å²) in [5, 5.41) is 4.12. The molecule has 4 heterocycles. The summed E-state index contributed by atoms with van der Waals surface area (Å²) in [6.45, 7) is 0. The van der Waals surface area contributed by atoms with Gasteiger partial charge in [-0.05, 0) is 47.2 Å². The number of hydrogen-bond acceptors (Lipinski definition) is 4. The van der Waals surface area contributed by atoms with Gasteiger partial charge in [-0.2, -0.15) is 0 Å². The number of pyridine rings is 2. The minimum Gasteiger partial charge on any atom is -0.255 e. The molecule has 4 aromatic heterocycles. The van der Waals surface area contributed by atoms with E-state index in [2.05, 4.69) is 32.9 Å². The Balaban J connectivity index is 0.000000160. The van der Waals surface area contributed by atoms with E-state index in [4.69, 9.17) is 0 Å². The fourth-order valence-corrected chi connectivity index (χ4v) is 3.27. The quantitative estimate of drug-likeness (QED) is 0.347. The summed E-state index contributed by atoms with van der Waals surface area (Å²) in [7, 11) is 0. The Bertz CT molecular complexity index is 701. The van der Waals surface area contributed by atoms with Gasteiger partial charge in [0.15, 0.2) is 0 Å². The van der Waals surface area contributed by atoms with Crippen LogP contribution in [0.2, 0.25) is 0 Å². The molecule has 1 radical (unpaired) electrons. The van der Waals surface area contributed by atoms with Gasteiger partial charge in [-0.25, -0.2) is 0 Å². The fraction of sp³-hybridized carbons (Fsp3) is 0. The molecule has 0 aliphatic heterocycles. The summed E-state index contributed by atoms with van der Waals surface area (Å²) in [5.74, 6) is 0. The largest absolute Gasteiger partial charge is 0.255 e. The first-order valence-electron chi connectivity index (χ1n) is 6.83. The van der Waals surface area contributed by atoms with E-state index in [1.165, 1.54) is 9.75 Å². The van der Waals surface area contributed by atoms with Crippen molar-refractivity contribution in [1.29, 1.82) is 0 Å². The average molecular weight is 515 g/mol. The smallest absolute Gasteiger partial charge is 0.0801 e. The van der Waals surface area contributed by atoms with Gasteiger partial charge in [0.1, 0.15) is 0 Å². The summed E-state index contributed by atoms with van der Waals surface area (Å²) >= 11 is 3.43. The monoisotopic (exact) mass is 515 g/mol. The molecule has 0 bridgehead atoms. The van der Waals surface area contributed by atoms with Crippen LogP contribution < -0.4 is 0 Å². The second-order valence-electron chi connectivity index (χ2n) is 4.38. The Morgan fingerprint density at radius 2 is 1.04 bits per heavy atom. The molecule has 0 aliphatic carbocycles. The van der Waals surface area contributed by atoms with Gasteiger partial charge in [-0.1, -0.05) is 24.3 Å². The standard InChI is InChI=1S/2C9H7NS.Ir/c2*1-2-6-10-8(4-1)9-5-3-7-11-9;/h2*1-7H;. The SMILES string of the molecule is [Ir].c1ccc(-c2cccs2)nc1.c1ccc(-c2cccs2)nc1. The van der Waals surface area contributed by atoms with Gasteiger partial charge < -0.3 is 0 Å². The van der Waals surface area contributed by atoms with E-state index < -0.39 is 0 Å². The predicted octanol–water partition coefficient (Wildman–Crippen LogP) is 5.62. The molecule has 4 aromatic rings. The van der Waals surface area contributed by atoms with Crippen LogP contribution in [-0.4, -0.2) is 9.97 Å². The Hall–Kier alpha value is -1.65. The minimum absolute atomic E-state index is 0. The topological polar surface area (TPSA) is 25.8 Å². The van der Waals surface area contributed by atoms with Crippen molar-refractivity contribution in [2.75, 3.05) is 0 Å². The molecule has 0 aliphatic rings. The van der Waals surface area contributed by atoms with Crippen LogP contribution in [0.15, 0.2) is 83.8 Å². The van der Waals surface area contributed by atoms with Crippen LogP contribution in [0.1, 0.15) is 0 Å². The van der Waals surface area contributed by atoms with Crippen LogP contribution in [0.5, 0.6) is 0 Å². The first kappa shape index (κ1) is 17.7. The van der Waals surface area contributed by atoms with Crippen LogP contribution in [0.4, 0.5) is 0 Å². The summed E-state index contributed by atoms with van der Waals surface area (Å²) in [6, 6.07) is 20.1. The molecule has 117 valence electrons. The number of nitrogens with zero attached hydrogens (tertiary/aromatic N) is 2. The molecule has 0 aromatic carbocycles. The van der Waals surface area contributed by atoms with Crippen molar-refractivity contribution in [3.63, 3.8) is 0 Å². The maximum absolute atomic E-state index is 4.23. The third-order valence-electron chi connectivity index (χ3n) is 2.88. The molecule has 0 N–H and O–H groups in total. The van der Waals surface area contributed by atoms with E-state index in [1.54, 1.807) is 22.7 Å². The van der Waals surface area contributed by atoms with Crippen molar-refractivity contribution >= 4 is 22.7 Å². The zero-order valence-corrected chi connectivity index (χ0v) is 16.2. The predicted molar refractivity (Wildman–Crippen MR) is 95.1 cm³/mol. The molecular weight excluding hydrogens is 501 g/mol. The van der Waals surface area contributed by atoms with Crippen molar-refractivity contribution in [2.45, 2.75) is 0 Å². The van der Waals surface area contributed by atoms with E-state index in [0.29, 0.717) is 0 Å².